The predicted octanol–water partition coefficient (Wildman–Crippen LogP) is 0.971. The van der Waals surface area contributed by atoms with Crippen LogP contribution in [0.2, 0.25) is 0 Å². The number of rotatable bonds is 3. The second kappa shape index (κ2) is 15.7. The molecular formula is C7H20N2. The van der Waals surface area contributed by atoms with Crippen molar-refractivity contribution in [3.05, 3.63) is 0 Å². The summed E-state index contributed by atoms with van der Waals surface area (Å²) in [6, 6.07) is 0. The van der Waals surface area contributed by atoms with E-state index < -0.39 is 0 Å². The first-order valence-corrected chi connectivity index (χ1v) is 3.68. The maximum Gasteiger partial charge on any atom is -0.00520 e. The summed E-state index contributed by atoms with van der Waals surface area (Å²) < 4.78 is 0. The molecule has 0 saturated heterocycles. The van der Waals surface area contributed by atoms with E-state index in [2.05, 4.69) is 12.2 Å². The lowest BCUT2D eigenvalue weighted by Gasteiger charge is -1.89. The van der Waals surface area contributed by atoms with Crippen molar-refractivity contribution in [2.45, 2.75) is 26.7 Å². The molecule has 0 amide bonds. The summed E-state index contributed by atoms with van der Waals surface area (Å²) in [4.78, 5) is 0. The third kappa shape index (κ3) is 32.6. The highest BCUT2D eigenvalue weighted by atomic mass is 14.8. The van der Waals surface area contributed by atoms with Crippen LogP contribution in [0, 0.1) is 0 Å². The van der Waals surface area contributed by atoms with Crippen molar-refractivity contribution in [1.29, 1.82) is 0 Å². The van der Waals surface area contributed by atoms with Gasteiger partial charge in [-0.2, -0.15) is 0 Å². The van der Waals surface area contributed by atoms with Crippen molar-refractivity contribution in [3.8, 4) is 0 Å². The van der Waals surface area contributed by atoms with Gasteiger partial charge in [0.2, 0.25) is 0 Å². The number of hydrogen-bond donors (Lipinski definition) is 2. The topological polar surface area (TPSA) is 38.0 Å². The summed E-state index contributed by atoms with van der Waals surface area (Å²) in [6.45, 7) is 6.01. The minimum absolute atomic E-state index is 0.750. The normalized spacial score (nSPS) is 8.00. The Morgan fingerprint density at radius 3 is 1.89 bits per heavy atom. The van der Waals surface area contributed by atoms with Crippen LogP contribution in [0.5, 0.6) is 0 Å². The van der Waals surface area contributed by atoms with Crippen LogP contribution in [-0.2, 0) is 0 Å². The van der Waals surface area contributed by atoms with Gasteiger partial charge in [0.05, 0.1) is 0 Å². The van der Waals surface area contributed by atoms with Gasteiger partial charge in [-0.15, -0.1) is 0 Å². The minimum atomic E-state index is 0.750. The average Bonchev–Trinajstić information content (AvgIpc) is 1.86. The van der Waals surface area contributed by atoms with Gasteiger partial charge in [0.1, 0.15) is 0 Å². The highest BCUT2D eigenvalue weighted by Crippen LogP contribution is 1.79. The smallest absolute Gasteiger partial charge is 0.00520 e. The van der Waals surface area contributed by atoms with E-state index in [1.807, 2.05) is 14.0 Å². The summed E-state index contributed by atoms with van der Waals surface area (Å²) in [5, 5.41) is 3.07. The third-order valence-electron chi connectivity index (χ3n) is 0.780. The van der Waals surface area contributed by atoms with Gasteiger partial charge in [-0.3, -0.25) is 0 Å². The number of unbranched alkanes of at least 4 members (excludes halogenated alkanes) is 1. The molecular weight excluding hydrogens is 112 g/mol. The van der Waals surface area contributed by atoms with Crippen LogP contribution in [0.4, 0.5) is 0 Å². The van der Waals surface area contributed by atoms with E-state index >= 15 is 0 Å². The Kier molecular flexibility index (Phi) is 20.3. The number of hydrogen-bond acceptors (Lipinski definition) is 2. The molecule has 0 aliphatic rings. The lowest BCUT2D eigenvalue weighted by atomic mass is 10.3. The Hall–Kier alpha value is -0.0800. The van der Waals surface area contributed by atoms with E-state index in [1.165, 1.54) is 12.8 Å². The molecule has 0 aliphatic heterocycles. The van der Waals surface area contributed by atoms with Crippen LogP contribution in [0.15, 0.2) is 0 Å². The summed E-state index contributed by atoms with van der Waals surface area (Å²) in [7, 11) is 1.98. The van der Waals surface area contributed by atoms with Crippen LogP contribution in [0.25, 0.3) is 0 Å². The highest BCUT2D eigenvalue weighted by molar-refractivity contribution is 4.34. The van der Waals surface area contributed by atoms with E-state index in [0.717, 1.165) is 13.1 Å². The second-order valence-corrected chi connectivity index (χ2v) is 1.87. The van der Waals surface area contributed by atoms with Gasteiger partial charge in [0.15, 0.2) is 0 Å². The maximum atomic E-state index is 4.85. The fourth-order valence-corrected chi connectivity index (χ4v) is 0.354. The molecule has 0 heterocycles. The predicted molar refractivity (Wildman–Crippen MR) is 43.6 cm³/mol. The second-order valence-electron chi connectivity index (χ2n) is 1.87. The van der Waals surface area contributed by atoms with Crippen molar-refractivity contribution >= 4 is 0 Å². The first kappa shape index (κ1) is 11.7. The maximum absolute atomic E-state index is 4.85. The van der Waals surface area contributed by atoms with Gasteiger partial charge in [0, 0.05) is 0 Å². The summed E-state index contributed by atoms with van der Waals surface area (Å²) in [5.74, 6) is 0. The molecule has 9 heavy (non-hydrogen) atoms. The van der Waals surface area contributed by atoms with Crippen LogP contribution in [0.1, 0.15) is 26.7 Å². The van der Waals surface area contributed by atoms with Gasteiger partial charge in [-0.1, -0.05) is 20.3 Å². The molecule has 0 bridgehead atoms. The summed E-state index contributed by atoms with van der Waals surface area (Å²) >= 11 is 0. The van der Waals surface area contributed by atoms with E-state index in [0.29, 0.717) is 0 Å². The molecule has 2 nitrogen and oxygen atoms in total. The van der Waals surface area contributed by atoms with Crippen molar-refractivity contribution in [2.75, 3.05) is 20.1 Å². The largest absolute Gasteiger partial charge is 0.331 e. The molecule has 0 unspecified atom stereocenters. The zero-order chi connectivity index (χ0) is 7.54. The first-order valence-electron chi connectivity index (χ1n) is 3.68. The minimum Gasteiger partial charge on any atom is -0.331 e. The Morgan fingerprint density at radius 2 is 1.78 bits per heavy atom. The molecule has 3 N–H and O–H groups in total. The SMILES string of the molecule is CCCCNC.CCN. The first-order chi connectivity index (χ1) is 4.33. The molecule has 0 aliphatic carbocycles. The fraction of sp³-hybridized carbons (Fsp3) is 1.00. The van der Waals surface area contributed by atoms with E-state index in [1.54, 1.807) is 0 Å². The molecule has 0 saturated carbocycles. The average molecular weight is 132 g/mol. The Morgan fingerprint density at radius 1 is 1.33 bits per heavy atom. The van der Waals surface area contributed by atoms with Crippen LogP contribution < -0.4 is 11.1 Å². The molecule has 0 fully saturated rings. The molecule has 0 radical (unpaired) electrons. The summed E-state index contributed by atoms with van der Waals surface area (Å²) in [6.07, 6.45) is 2.59. The lowest BCUT2D eigenvalue weighted by molar-refractivity contribution is 0.711. The molecule has 58 valence electrons. The zero-order valence-corrected chi connectivity index (χ0v) is 6.91. The zero-order valence-electron chi connectivity index (χ0n) is 6.91. The molecule has 0 atom stereocenters. The number of nitrogens with two attached hydrogens (primary N) is 1. The van der Waals surface area contributed by atoms with Crippen molar-refractivity contribution < 1.29 is 0 Å². The molecule has 2 heteroatoms. The standard InChI is InChI=1S/C5H13N.C2H7N/c1-3-4-5-6-2;1-2-3/h6H,3-5H2,1-2H3;2-3H2,1H3. The molecule has 0 spiro atoms. The monoisotopic (exact) mass is 132 g/mol. The van der Waals surface area contributed by atoms with E-state index in [9.17, 15) is 0 Å². The van der Waals surface area contributed by atoms with E-state index in [4.69, 9.17) is 5.73 Å². The Labute approximate surface area is 58.8 Å². The van der Waals surface area contributed by atoms with Gasteiger partial charge in [0.25, 0.3) is 0 Å². The Balaban J connectivity index is 0. The van der Waals surface area contributed by atoms with Crippen LogP contribution in [0.3, 0.4) is 0 Å². The van der Waals surface area contributed by atoms with E-state index in [-0.39, 0.29) is 0 Å². The number of nitrogens with one attached hydrogen (secondary N) is 1. The fourth-order valence-electron chi connectivity index (χ4n) is 0.354. The van der Waals surface area contributed by atoms with Gasteiger partial charge < -0.3 is 11.1 Å². The Bertz CT molecular complexity index is 26.1. The van der Waals surface area contributed by atoms with Gasteiger partial charge >= 0.3 is 0 Å². The van der Waals surface area contributed by atoms with Crippen molar-refractivity contribution in [2.24, 2.45) is 5.73 Å². The highest BCUT2D eigenvalue weighted by Gasteiger charge is 1.73. The molecule has 0 aromatic rings. The molecule has 0 aromatic heterocycles. The van der Waals surface area contributed by atoms with Crippen molar-refractivity contribution in [1.82, 2.24) is 5.32 Å². The lowest BCUT2D eigenvalue weighted by Crippen LogP contribution is -2.06. The van der Waals surface area contributed by atoms with Gasteiger partial charge in [-0.25, -0.2) is 0 Å². The molecule has 0 rings (SSSR count). The summed E-state index contributed by atoms with van der Waals surface area (Å²) in [5.41, 5.74) is 4.85. The van der Waals surface area contributed by atoms with Crippen LogP contribution in [-0.4, -0.2) is 20.1 Å². The quantitative estimate of drug-likeness (QED) is 0.562. The van der Waals surface area contributed by atoms with Crippen molar-refractivity contribution in [3.63, 3.8) is 0 Å². The molecule has 0 aromatic carbocycles. The van der Waals surface area contributed by atoms with Crippen LogP contribution >= 0.6 is 0 Å². The van der Waals surface area contributed by atoms with Gasteiger partial charge in [-0.05, 0) is 26.6 Å². The third-order valence-corrected chi connectivity index (χ3v) is 0.780.